The van der Waals surface area contributed by atoms with E-state index in [9.17, 15) is 4.39 Å². The van der Waals surface area contributed by atoms with Crippen molar-refractivity contribution in [3.05, 3.63) is 35.6 Å². The smallest absolute Gasteiger partial charge is 0.123 e. The first-order valence-corrected chi connectivity index (χ1v) is 7.10. The molecule has 106 valence electrons. The maximum Gasteiger partial charge on any atom is 0.123 e. The van der Waals surface area contributed by atoms with Crippen molar-refractivity contribution in [3.63, 3.8) is 0 Å². The molecule has 1 fully saturated rings. The van der Waals surface area contributed by atoms with Crippen molar-refractivity contribution < 1.29 is 9.13 Å². The van der Waals surface area contributed by atoms with Gasteiger partial charge in [-0.15, -0.1) is 0 Å². The van der Waals surface area contributed by atoms with E-state index in [2.05, 4.69) is 19.2 Å². The molecule has 2 rings (SSSR count). The molecule has 0 saturated heterocycles. The molecule has 1 aromatic carbocycles. The number of halogens is 1. The maximum absolute atomic E-state index is 12.9. The van der Waals surface area contributed by atoms with Crippen LogP contribution < -0.4 is 5.32 Å². The highest BCUT2D eigenvalue weighted by Crippen LogP contribution is 2.37. The Kier molecular flexibility index (Phi) is 4.94. The lowest BCUT2D eigenvalue weighted by Crippen LogP contribution is -2.49. The van der Waals surface area contributed by atoms with Gasteiger partial charge in [-0.3, -0.25) is 0 Å². The van der Waals surface area contributed by atoms with Crippen LogP contribution in [0.15, 0.2) is 24.3 Å². The summed E-state index contributed by atoms with van der Waals surface area (Å²) in [7, 11) is 1.75. The average molecular weight is 265 g/mol. The normalized spacial score (nSPS) is 24.3. The first-order valence-electron chi connectivity index (χ1n) is 7.10. The van der Waals surface area contributed by atoms with Crippen molar-refractivity contribution in [2.24, 2.45) is 5.92 Å². The number of rotatable bonds is 6. The standard InChI is InChI=1S/C16H24FNO/c1-11(2)16(10-19-3)18-15-8-13(9-15)12-4-6-14(17)7-5-12/h4-7,11,13,15-16,18H,8-10H2,1-3H3. The monoisotopic (exact) mass is 265 g/mol. The van der Waals surface area contributed by atoms with Crippen LogP contribution in [0.4, 0.5) is 4.39 Å². The van der Waals surface area contributed by atoms with Crippen LogP contribution in [0.3, 0.4) is 0 Å². The number of hydrogen-bond acceptors (Lipinski definition) is 2. The number of ether oxygens (including phenoxy) is 1. The summed E-state index contributed by atoms with van der Waals surface area (Å²) >= 11 is 0. The Morgan fingerprint density at radius 2 is 1.89 bits per heavy atom. The van der Waals surface area contributed by atoms with Gasteiger partial charge in [0.25, 0.3) is 0 Å². The molecule has 0 radical (unpaired) electrons. The second kappa shape index (κ2) is 6.49. The highest BCUT2D eigenvalue weighted by molar-refractivity contribution is 5.23. The molecule has 0 aromatic heterocycles. The molecule has 19 heavy (non-hydrogen) atoms. The predicted molar refractivity (Wildman–Crippen MR) is 75.8 cm³/mol. The van der Waals surface area contributed by atoms with Crippen LogP contribution in [0.5, 0.6) is 0 Å². The number of methoxy groups -OCH3 is 1. The molecule has 1 unspecified atom stereocenters. The van der Waals surface area contributed by atoms with Crippen LogP contribution in [-0.4, -0.2) is 25.8 Å². The topological polar surface area (TPSA) is 21.3 Å². The fourth-order valence-electron chi connectivity index (χ4n) is 2.68. The third kappa shape index (κ3) is 3.77. The Morgan fingerprint density at radius 1 is 1.26 bits per heavy atom. The van der Waals surface area contributed by atoms with E-state index < -0.39 is 0 Å². The van der Waals surface area contributed by atoms with Crippen molar-refractivity contribution in [1.82, 2.24) is 5.32 Å². The van der Waals surface area contributed by atoms with Crippen LogP contribution in [0.25, 0.3) is 0 Å². The van der Waals surface area contributed by atoms with E-state index in [1.54, 1.807) is 19.2 Å². The summed E-state index contributed by atoms with van der Waals surface area (Å²) in [6.45, 7) is 5.19. The highest BCUT2D eigenvalue weighted by atomic mass is 19.1. The molecule has 0 heterocycles. The van der Waals surface area contributed by atoms with Crippen molar-refractivity contribution in [1.29, 1.82) is 0 Å². The fraction of sp³-hybridized carbons (Fsp3) is 0.625. The molecule has 1 aromatic rings. The molecule has 1 aliphatic carbocycles. The number of benzene rings is 1. The Balaban J connectivity index is 1.80. The quantitative estimate of drug-likeness (QED) is 0.852. The Hall–Kier alpha value is -0.930. The number of nitrogens with one attached hydrogen (secondary N) is 1. The lowest BCUT2D eigenvalue weighted by Gasteiger charge is -2.39. The molecule has 0 spiro atoms. The molecule has 1 aliphatic rings. The molecular weight excluding hydrogens is 241 g/mol. The van der Waals surface area contributed by atoms with Gasteiger partial charge in [-0.05, 0) is 42.4 Å². The molecule has 0 bridgehead atoms. The fourth-order valence-corrected chi connectivity index (χ4v) is 2.68. The summed E-state index contributed by atoms with van der Waals surface area (Å²) in [5, 5.41) is 3.67. The maximum atomic E-state index is 12.9. The van der Waals surface area contributed by atoms with Gasteiger partial charge in [0.15, 0.2) is 0 Å². The molecular formula is C16H24FNO. The predicted octanol–water partition coefficient (Wildman–Crippen LogP) is 3.33. The van der Waals surface area contributed by atoms with Gasteiger partial charge in [-0.25, -0.2) is 4.39 Å². The second-order valence-electron chi connectivity index (χ2n) is 5.89. The molecule has 0 aliphatic heterocycles. The van der Waals surface area contributed by atoms with Gasteiger partial charge in [0, 0.05) is 19.2 Å². The van der Waals surface area contributed by atoms with Crippen molar-refractivity contribution in [3.8, 4) is 0 Å². The minimum atomic E-state index is -0.155. The Labute approximate surface area is 115 Å². The average Bonchev–Trinajstić information content (AvgIpc) is 2.33. The van der Waals surface area contributed by atoms with Crippen molar-refractivity contribution in [2.45, 2.75) is 44.7 Å². The van der Waals surface area contributed by atoms with E-state index in [-0.39, 0.29) is 5.82 Å². The molecule has 1 atom stereocenters. The van der Waals surface area contributed by atoms with E-state index in [1.165, 1.54) is 5.56 Å². The summed E-state index contributed by atoms with van der Waals surface area (Å²) < 4.78 is 18.1. The summed E-state index contributed by atoms with van der Waals surface area (Å²) in [4.78, 5) is 0. The SMILES string of the molecule is COCC(NC1CC(c2ccc(F)cc2)C1)C(C)C. The van der Waals surface area contributed by atoms with E-state index in [0.29, 0.717) is 23.9 Å². The first kappa shape index (κ1) is 14.5. The molecule has 3 heteroatoms. The van der Waals surface area contributed by atoms with Gasteiger partial charge >= 0.3 is 0 Å². The molecule has 0 amide bonds. The molecule has 2 nitrogen and oxygen atoms in total. The largest absolute Gasteiger partial charge is 0.383 e. The summed E-state index contributed by atoms with van der Waals surface area (Å²) in [6, 6.07) is 7.91. The van der Waals surface area contributed by atoms with E-state index >= 15 is 0 Å². The number of hydrogen-bond donors (Lipinski definition) is 1. The Morgan fingerprint density at radius 3 is 2.42 bits per heavy atom. The summed E-state index contributed by atoms with van der Waals surface area (Å²) in [6.07, 6.45) is 2.27. The zero-order valence-corrected chi connectivity index (χ0v) is 12.0. The van der Waals surface area contributed by atoms with Gasteiger partial charge in [0.1, 0.15) is 5.82 Å². The van der Waals surface area contributed by atoms with Crippen LogP contribution in [-0.2, 0) is 4.74 Å². The lowest BCUT2D eigenvalue weighted by molar-refractivity contribution is 0.126. The molecule has 1 N–H and O–H groups in total. The third-order valence-corrected chi connectivity index (χ3v) is 4.08. The van der Waals surface area contributed by atoms with Crippen molar-refractivity contribution in [2.75, 3.05) is 13.7 Å². The summed E-state index contributed by atoms with van der Waals surface area (Å²) in [5.74, 6) is 0.996. The zero-order valence-electron chi connectivity index (χ0n) is 12.0. The zero-order chi connectivity index (χ0) is 13.8. The van der Waals surface area contributed by atoms with E-state index in [1.807, 2.05) is 12.1 Å². The first-order chi connectivity index (χ1) is 9.10. The van der Waals surface area contributed by atoms with Gasteiger partial charge in [-0.2, -0.15) is 0 Å². The van der Waals surface area contributed by atoms with Crippen LogP contribution in [0.2, 0.25) is 0 Å². The van der Waals surface area contributed by atoms with E-state index in [0.717, 1.165) is 19.4 Å². The summed E-state index contributed by atoms with van der Waals surface area (Å²) in [5.41, 5.74) is 1.26. The van der Waals surface area contributed by atoms with Gasteiger partial charge < -0.3 is 10.1 Å². The van der Waals surface area contributed by atoms with E-state index in [4.69, 9.17) is 4.74 Å². The lowest BCUT2D eigenvalue weighted by atomic mass is 9.75. The van der Waals surface area contributed by atoms with Crippen molar-refractivity contribution >= 4 is 0 Å². The van der Waals surface area contributed by atoms with Gasteiger partial charge in [0.05, 0.1) is 6.61 Å². The highest BCUT2D eigenvalue weighted by Gasteiger charge is 2.32. The second-order valence-corrected chi connectivity index (χ2v) is 5.89. The third-order valence-electron chi connectivity index (χ3n) is 4.08. The van der Waals surface area contributed by atoms with Gasteiger partial charge in [-0.1, -0.05) is 26.0 Å². The van der Waals surface area contributed by atoms with Gasteiger partial charge in [0.2, 0.25) is 0 Å². The van der Waals surface area contributed by atoms with Crippen LogP contribution in [0.1, 0.15) is 38.2 Å². The molecule has 1 saturated carbocycles. The Bertz CT molecular complexity index is 384. The minimum absolute atomic E-state index is 0.155. The van der Waals surface area contributed by atoms with Crippen LogP contribution in [0, 0.1) is 11.7 Å². The minimum Gasteiger partial charge on any atom is -0.383 e. The van der Waals surface area contributed by atoms with Crippen LogP contribution >= 0.6 is 0 Å².